The van der Waals surface area contributed by atoms with Crippen LogP contribution >= 0.6 is 0 Å². The summed E-state index contributed by atoms with van der Waals surface area (Å²) in [7, 11) is 0. The molecule has 2 aromatic rings. The molecule has 1 unspecified atom stereocenters. The third-order valence-electron chi connectivity index (χ3n) is 3.13. The van der Waals surface area contributed by atoms with Crippen LogP contribution < -0.4 is 10.6 Å². The molecule has 5 nitrogen and oxygen atoms in total. The number of carbonyl (C=O) groups excluding carboxylic acids is 1. The predicted octanol–water partition coefficient (Wildman–Crippen LogP) is 2.71. The van der Waals surface area contributed by atoms with Crippen molar-refractivity contribution >= 4 is 11.6 Å². The Balaban J connectivity index is 2.17. The van der Waals surface area contributed by atoms with E-state index in [4.69, 9.17) is 0 Å². The molecule has 2 rings (SSSR count). The van der Waals surface area contributed by atoms with Crippen LogP contribution in [0.15, 0.2) is 36.7 Å². The maximum Gasteiger partial charge on any atom is 0.255 e. The highest BCUT2D eigenvalue weighted by atomic mass is 16.1. The number of hydrogen-bond donors (Lipinski definition) is 2. The van der Waals surface area contributed by atoms with Crippen molar-refractivity contribution in [3.63, 3.8) is 0 Å². The Bertz CT molecular complexity index is 613. The lowest BCUT2D eigenvalue weighted by molar-refractivity contribution is 0.0939. The number of carbonyl (C=O) groups is 1. The fourth-order valence-electron chi connectivity index (χ4n) is 2.06. The SMILES string of the molecule is CCNc1cc(C)ncc1C(=O)NC(C)c1ccccn1. The lowest BCUT2D eigenvalue weighted by atomic mass is 10.1. The molecule has 2 heterocycles. The Hall–Kier alpha value is -2.43. The fourth-order valence-corrected chi connectivity index (χ4v) is 2.06. The lowest BCUT2D eigenvalue weighted by Crippen LogP contribution is -2.28. The molecular weight excluding hydrogens is 264 g/mol. The van der Waals surface area contributed by atoms with E-state index in [1.807, 2.05) is 45.0 Å². The van der Waals surface area contributed by atoms with Gasteiger partial charge in [0.1, 0.15) is 0 Å². The average Bonchev–Trinajstić information content (AvgIpc) is 2.48. The fraction of sp³-hybridized carbons (Fsp3) is 0.312. The minimum atomic E-state index is -0.158. The third kappa shape index (κ3) is 3.78. The van der Waals surface area contributed by atoms with Crippen molar-refractivity contribution in [2.24, 2.45) is 0 Å². The number of aromatic nitrogens is 2. The van der Waals surface area contributed by atoms with Crippen molar-refractivity contribution in [3.05, 3.63) is 53.6 Å². The van der Waals surface area contributed by atoms with Gasteiger partial charge in [-0.1, -0.05) is 6.07 Å². The van der Waals surface area contributed by atoms with Crippen LogP contribution in [0.2, 0.25) is 0 Å². The van der Waals surface area contributed by atoms with Gasteiger partial charge in [-0.25, -0.2) is 0 Å². The quantitative estimate of drug-likeness (QED) is 0.886. The Morgan fingerprint density at radius 1 is 1.33 bits per heavy atom. The van der Waals surface area contributed by atoms with E-state index in [9.17, 15) is 4.79 Å². The van der Waals surface area contributed by atoms with Crippen molar-refractivity contribution in [1.82, 2.24) is 15.3 Å². The van der Waals surface area contributed by atoms with Crippen LogP contribution in [0.5, 0.6) is 0 Å². The number of nitrogens with zero attached hydrogens (tertiary/aromatic N) is 2. The normalized spacial score (nSPS) is 11.8. The van der Waals surface area contributed by atoms with Gasteiger partial charge in [0.25, 0.3) is 5.91 Å². The van der Waals surface area contributed by atoms with Crippen LogP contribution in [0.4, 0.5) is 5.69 Å². The van der Waals surface area contributed by atoms with E-state index >= 15 is 0 Å². The van der Waals surface area contributed by atoms with Crippen LogP contribution in [0.1, 0.15) is 41.6 Å². The first-order valence-corrected chi connectivity index (χ1v) is 7.04. The van der Waals surface area contributed by atoms with Gasteiger partial charge < -0.3 is 10.6 Å². The summed E-state index contributed by atoms with van der Waals surface area (Å²) in [6, 6.07) is 7.37. The highest BCUT2D eigenvalue weighted by Gasteiger charge is 2.16. The van der Waals surface area contributed by atoms with Crippen LogP contribution in [-0.2, 0) is 0 Å². The molecule has 110 valence electrons. The summed E-state index contributed by atoms with van der Waals surface area (Å²) in [4.78, 5) is 20.9. The largest absolute Gasteiger partial charge is 0.385 e. The topological polar surface area (TPSA) is 66.9 Å². The molecule has 0 saturated carbocycles. The number of pyridine rings is 2. The summed E-state index contributed by atoms with van der Waals surface area (Å²) in [5, 5.41) is 6.14. The second-order valence-corrected chi connectivity index (χ2v) is 4.85. The molecule has 21 heavy (non-hydrogen) atoms. The zero-order valence-electron chi connectivity index (χ0n) is 12.6. The number of aryl methyl sites for hydroxylation is 1. The molecule has 0 aromatic carbocycles. The number of amides is 1. The number of rotatable bonds is 5. The van der Waals surface area contributed by atoms with E-state index < -0.39 is 0 Å². The Morgan fingerprint density at radius 3 is 2.81 bits per heavy atom. The van der Waals surface area contributed by atoms with Crippen LogP contribution in [-0.4, -0.2) is 22.4 Å². The molecule has 1 amide bonds. The summed E-state index contributed by atoms with van der Waals surface area (Å²) >= 11 is 0. The molecule has 0 aliphatic carbocycles. The third-order valence-corrected chi connectivity index (χ3v) is 3.13. The zero-order valence-corrected chi connectivity index (χ0v) is 12.6. The van der Waals surface area contributed by atoms with Gasteiger partial charge in [0.15, 0.2) is 0 Å². The Kier molecular flexibility index (Phi) is 4.87. The van der Waals surface area contributed by atoms with E-state index in [-0.39, 0.29) is 11.9 Å². The molecule has 0 fully saturated rings. The van der Waals surface area contributed by atoms with E-state index in [0.29, 0.717) is 5.56 Å². The highest BCUT2D eigenvalue weighted by molar-refractivity contribution is 5.99. The molecule has 0 aliphatic heterocycles. The molecule has 2 N–H and O–H groups in total. The second kappa shape index (κ2) is 6.83. The first kappa shape index (κ1) is 15.0. The lowest BCUT2D eigenvalue weighted by Gasteiger charge is -2.15. The van der Waals surface area contributed by atoms with Crippen molar-refractivity contribution in [2.75, 3.05) is 11.9 Å². The van der Waals surface area contributed by atoms with Gasteiger partial charge in [0.2, 0.25) is 0 Å². The van der Waals surface area contributed by atoms with E-state index in [1.165, 1.54) is 0 Å². The molecule has 5 heteroatoms. The smallest absolute Gasteiger partial charge is 0.255 e. The molecule has 2 aromatic heterocycles. The van der Waals surface area contributed by atoms with E-state index in [1.54, 1.807) is 12.4 Å². The minimum Gasteiger partial charge on any atom is -0.385 e. The van der Waals surface area contributed by atoms with Gasteiger partial charge in [-0.05, 0) is 39.0 Å². The molecule has 0 radical (unpaired) electrons. The Labute approximate surface area is 124 Å². The summed E-state index contributed by atoms with van der Waals surface area (Å²) in [5.41, 5.74) is 3.05. The molecule has 0 aliphatic rings. The molecule has 0 bridgehead atoms. The molecule has 0 saturated heterocycles. The van der Waals surface area contributed by atoms with Crippen LogP contribution in [0, 0.1) is 6.92 Å². The van der Waals surface area contributed by atoms with E-state index in [2.05, 4.69) is 20.6 Å². The molecular formula is C16H20N4O. The summed E-state index contributed by atoms with van der Waals surface area (Å²) < 4.78 is 0. The first-order chi connectivity index (χ1) is 10.1. The summed E-state index contributed by atoms with van der Waals surface area (Å²) in [5.74, 6) is -0.156. The standard InChI is InChI=1S/C16H20N4O/c1-4-17-15-9-11(2)19-10-13(15)16(21)20-12(3)14-7-5-6-8-18-14/h5-10,12H,4H2,1-3H3,(H,17,19)(H,20,21). The van der Waals surface area contributed by atoms with E-state index in [0.717, 1.165) is 23.6 Å². The van der Waals surface area contributed by atoms with Crippen molar-refractivity contribution in [2.45, 2.75) is 26.8 Å². The first-order valence-electron chi connectivity index (χ1n) is 7.04. The summed E-state index contributed by atoms with van der Waals surface area (Å²) in [6.45, 7) is 6.56. The number of hydrogen-bond acceptors (Lipinski definition) is 4. The number of anilines is 1. The zero-order chi connectivity index (χ0) is 15.2. The second-order valence-electron chi connectivity index (χ2n) is 4.85. The van der Waals surface area contributed by atoms with Crippen molar-refractivity contribution in [1.29, 1.82) is 0 Å². The van der Waals surface area contributed by atoms with Gasteiger partial charge in [0, 0.05) is 24.6 Å². The number of nitrogens with one attached hydrogen (secondary N) is 2. The van der Waals surface area contributed by atoms with Gasteiger partial charge >= 0.3 is 0 Å². The molecule has 0 spiro atoms. The minimum absolute atomic E-state index is 0.156. The van der Waals surface area contributed by atoms with Gasteiger partial charge in [-0.15, -0.1) is 0 Å². The van der Waals surface area contributed by atoms with Gasteiger partial charge in [-0.3, -0.25) is 14.8 Å². The highest BCUT2D eigenvalue weighted by Crippen LogP contribution is 2.17. The maximum absolute atomic E-state index is 12.4. The van der Waals surface area contributed by atoms with Crippen molar-refractivity contribution < 1.29 is 4.79 Å². The van der Waals surface area contributed by atoms with Crippen LogP contribution in [0.25, 0.3) is 0 Å². The maximum atomic E-state index is 12.4. The van der Waals surface area contributed by atoms with Gasteiger partial charge in [-0.2, -0.15) is 0 Å². The predicted molar refractivity (Wildman–Crippen MR) is 83.3 cm³/mol. The average molecular weight is 284 g/mol. The van der Waals surface area contributed by atoms with Crippen molar-refractivity contribution in [3.8, 4) is 0 Å². The molecule has 1 atom stereocenters. The monoisotopic (exact) mass is 284 g/mol. The van der Waals surface area contributed by atoms with Crippen LogP contribution in [0.3, 0.4) is 0 Å². The Morgan fingerprint density at radius 2 is 2.14 bits per heavy atom. The summed E-state index contributed by atoms with van der Waals surface area (Å²) in [6.07, 6.45) is 3.32. The van der Waals surface area contributed by atoms with Gasteiger partial charge in [0.05, 0.1) is 23.0 Å².